The van der Waals surface area contributed by atoms with Gasteiger partial charge in [-0.2, -0.15) is 0 Å². The highest BCUT2D eigenvalue weighted by Gasteiger charge is 2.29. The number of sulfonamides is 1. The molecule has 0 aromatic heterocycles. The molecule has 0 radical (unpaired) electrons. The van der Waals surface area contributed by atoms with Crippen molar-refractivity contribution in [1.29, 1.82) is 0 Å². The van der Waals surface area contributed by atoms with E-state index < -0.39 is 15.6 Å². The van der Waals surface area contributed by atoms with Gasteiger partial charge in [0.15, 0.2) is 0 Å². The molecule has 0 aliphatic rings. The van der Waals surface area contributed by atoms with Crippen molar-refractivity contribution in [3.8, 4) is 0 Å². The Morgan fingerprint density at radius 3 is 1.92 bits per heavy atom. The Kier molecular flexibility index (Phi) is 4.88. The van der Waals surface area contributed by atoms with Crippen LogP contribution < -0.4 is 4.72 Å². The molecule has 0 heterocycles. The van der Waals surface area contributed by atoms with Gasteiger partial charge in [-0.15, -0.1) is 0 Å². The highest BCUT2D eigenvalue weighted by atomic mass is 32.2. The van der Waals surface area contributed by atoms with Crippen LogP contribution in [-0.2, 0) is 10.0 Å². The van der Waals surface area contributed by atoms with E-state index in [1.54, 1.807) is 6.92 Å². The molecule has 4 nitrogen and oxygen atoms in total. The van der Waals surface area contributed by atoms with E-state index in [2.05, 4.69) is 4.72 Å². The van der Waals surface area contributed by atoms with Crippen LogP contribution in [0.15, 0.2) is 0 Å². The third-order valence-corrected chi connectivity index (χ3v) is 3.91. The van der Waals surface area contributed by atoms with Crippen LogP contribution in [0, 0.1) is 0 Å². The standard InChI is InChI=1S/C8H19NO3S/c1-4-8(5-2,7-10)9-13(11,12)6-3/h9-10H,4-7H2,1-3H3. The molecule has 80 valence electrons. The lowest BCUT2D eigenvalue weighted by molar-refractivity contribution is 0.172. The highest BCUT2D eigenvalue weighted by molar-refractivity contribution is 7.89. The average molecular weight is 209 g/mol. The zero-order valence-electron chi connectivity index (χ0n) is 8.50. The minimum Gasteiger partial charge on any atom is -0.394 e. The van der Waals surface area contributed by atoms with Gasteiger partial charge < -0.3 is 5.11 Å². The highest BCUT2D eigenvalue weighted by Crippen LogP contribution is 2.15. The fraction of sp³-hybridized carbons (Fsp3) is 1.00. The molecule has 0 aromatic rings. The molecule has 0 rings (SSSR count). The lowest BCUT2D eigenvalue weighted by atomic mass is 9.96. The first kappa shape index (κ1) is 12.9. The average Bonchev–Trinajstić information content (AvgIpc) is 2.14. The van der Waals surface area contributed by atoms with Gasteiger partial charge in [0.25, 0.3) is 0 Å². The Hall–Kier alpha value is -0.130. The molecule has 2 N–H and O–H groups in total. The molecule has 0 bridgehead atoms. The second kappa shape index (κ2) is 4.93. The van der Waals surface area contributed by atoms with Crippen molar-refractivity contribution in [2.75, 3.05) is 12.4 Å². The van der Waals surface area contributed by atoms with E-state index >= 15 is 0 Å². The van der Waals surface area contributed by atoms with Gasteiger partial charge in [0.1, 0.15) is 0 Å². The van der Waals surface area contributed by atoms with Crippen molar-refractivity contribution in [2.45, 2.75) is 39.2 Å². The molecule has 0 aliphatic heterocycles. The van der Waals surface area contributed by atoms with E-state index in [-0.39, 0.29) is 12.4 Å². The molecule has 0 unspecified atom stereocenters. The van der Waals surface area contributed by atoms with Crippen molar-refractivity contribution in [2.24, 2.45) is 0 Å². The van der Waals surface area contributed by atoms with E-state index in [4.69, 9.17) is 5.11 Å². The zero-order chi connectivity index (χ0) is 10.5. The van der Waals surface area contributed by atoms with E-state index in [9.17, 15) is 8.42 Å². The van der Waals surface area contributed by atoms with Crippen molar-refractivity contribution in [1.82, 2.24) is 4.72 Å². The number of aliphatic hydroxyl groups is 1. The predicted octanol–water partition coefficient (Wildman–Crippen LogP) is 0.477. The van der Waals surface area contributed by atoms with Crippen LogP contribution in [0.25, 0.3) is 0 Å². The maximum Gasteiger partial charge on any atom is 0.211 e. The summed E-state index contributed by atoms with van der Waals surface area (Å²) in [6, 6.07) is 0. The molecule has 0 spiro atoms. The molecule has 0 amide bonds. The summed E-state index contributed by atoms with van der Waals surface area (Å²) in [5, 5.41) is 9.11. The fourth-order valence-electron chi connectivity index (χ4n) is 1.05. The van der Waals surface area contributed by atoms with E-state index in [1.807, 2.05) is 13.8 Å². The summed E-state index contributed by atoms with van der Waals surface area (Å²) in [6.45, 7) is 5.14. The summed E-state index contributed by atoms with van der Waals surface area (Å²) >= 11 is 0. The summed E-state index contributed by atoms with van der Waals surface area (Å²) in [5.41, 5.74) is -0.672. The molecular weight excluding hydrogens is 190 g/mol. The van der Waals surface area contributed by atoms with Gasteiger partial charge in [-0.05, 0) is 19.8 Å². The largest absolute Gasteiger partial charge is 0.394 e. The summed E-state index contributed by atoms with van der Waals surface area (Å²) < 4.78 is 25.1. The first-order valence-corrected chi connectivity index (χ1v) is 6.23. The van der Waals surface area contributed by atoms with Gasteiger partial charge >= 0.3 is 0 Å². The molecule has 0 atom stereocenters. The number of rotatable bonds is 6. The minimum atomic E-state index is -3.22. The van der Waals surface area contributed by atoms with Gasteiger partial charge in [-0.1, -0.05) is 13.8 Å². The number of nitrogens with one attached hydrogen (secondary N) is 1. The molecule has 0 aliphatic carbocycles. The molecular formula is C8H19NO3S. The van der Waals surface area contributed by atoms with Crippen LogP contribution in [0.2, 0.25) is 0 Å². The second-order valence-electron chi connectivity index (χ2n) is 3.15. The lowest BCUT2D eigenvalue weighted by Crippen LogP contribution is -2.50. The van der Waals surface area contributed by atoms with Gasteiger partial charge in [-0.3, -0.25) is 0 Å². The molecule has 13 heavy (non-hydrogen) atoms. The van der Waals surface area contributed by atoms with Gasteiger partial charge in [0, 0.05) is 0 Å². The zero-order valence-corrected chi connectivity index (χ0v) is 9.32. The number of hydrogen-bond donors (Lipinski definition) is 2. The summed E-state index contributed by atoms with van der Waals surface area (Å²) in [5.74, 6) is 0.0503. The quantitative estimate of drug-likeness (QED) is 0.668. The van der Waals surface area contributed by atoms with Gasteiger partial charge in [0.05, 0.1) is 17.9 Å². The third kappa shape index (κ3) is 3.62. The van der Waals surface area contributed by atoms with Crippen molar-refractivity contribution in [3.63, 3.8) is 0 Å². The van der Waals surface area contributed by atoms with E-state index in [0.29, 0.717) is 12.8 Å². The maximum atomic E-state index is 11.3. The Balaban J connectivity index is 4.61. The Morgan fingerprint density at radius 1 is 1.23 bits per heavy atom. The van der Waals surface area contributed by atoms with Gasteiger partial charge in [-0.25, -0.2) is 13.1 Å². The summed E-state index contributed by atoms with van der Waals surface area (Å²) in [6.07, 6.45) is 1.19. The van der Waals surface area contributed by atoms with Crippen molar-refractivity contribution >= 4 is 10.0 Å². The number of hydrogen-bond acceptors (Lipinski definition) is 3. The molecule has 0 aromatic carbocycles. The smallest absolute Gasteiger partial charge is 0.211 e. The SMILES string of the molecule is CCC(CC)(CO)NS(=O)(=O)CC. The van der Waals surface area contributed by atoms with Crippen LogP contribution >= 0.6 is 0 Å². The van der Waals surface area contributed by atoms with Crippen molar-refractivity contribution in [3.05, 3.63) is 0 Å². The Morgan fingerprint density at radius 2 is 1.69 bits per heavy atom. The van der Waals surface area contributed by atoms with Crippen LogP contribution in [-0.4, -0.2) is 31.4 Å². The Labute approximate surface area is 80.4 Å². The molecule has 0 fully saturated rings. The maximum absolute atomic E-state index is 11.3. The minimum absolute atomic E-state index is 0.0503. The van der Waals surface area contributed by atoms with E-state index in [0.717, 1.165) is 0 Å². The van der Waals surface area contributed by atoms with Crippen molar-refractivity contribution < 1.29 is 13.5 Å². The lowest BCUT2D eigenvalue weighted by Gasteiger charge is -2.29. The summed E-state index contributed by atoms with van der Waals surface area (Å²) in [4.78, 5) is 0. The summed E-state index contributed by atoms with van der Waals surface area (Å²) in [7, 11) is -3.22. The fourth-order valence-corrected chi connectivity index (χ4v) is 2.21. The third-order valence-electron chi connectivity index (χ3n) is 2.41. The van der Waals surface area contributed by atoms with Crippen LogP contribution in [0.5, 0.6) is 0 Å². The topological polar surface area (TPSA) is 66.4 Å². The predicted molar refractivity (Wildman–Crippen MR) is 53.0 cm³/mol. The van der Waals surface area contributed by atoms with Crippen LogP contribution in [0.3, 0.4) is 0 Å². The Bertz CT molecular complexity index is 224. The first-order chi connectivity index (χ1) is 5.95. The monoisotopic (exact) mass is 209 g/mol. The van der Waals surface area contributed by atoms with Crippen LogP contribution in [0.1, 0.15) is 33.6 Å². The molecule has 5 heteroatoms. The molecule has 0 saturated carbocycles. The molecule has 0 saturated heterocycles. The number of aliphatic hydroxyl groups excluding tert-OH is 1. The normalized spacial score (nSPS) is 13.2. The van der Waals surface area contributed by atoms with Gasteiger partial charge in [0.2, 0.25) is 10.0 Å². The van der Waals surface area contributed by atoms with E-state index in [1.165, 1.54) is 0 Å². The second-order valence-corrected chi connectivity index (χ2v) is 5.16. The first-order valence-electron chi connectivity index (χ1n) is 4.57. The van der Waals surface area contributed by atoms with Crippen LogP contribution in [0.4, 0.5) is 0 Å².